The van der Waals surface area contributed by atoms with Crippen LogP contribution >= 0.6 is 0 Å². The summed E-state index contributed by atoms with van der Waals surface area (Å²) >= 11 is 0. The van der Waals surface area contributed by atoms with Crippen molar-refractivity contribution >= 4 is 0 Å². The topological polar surface area (TPSA) is 99.0 Å². The van der Waals surface area contributed by atoms with Crippen LogP contribution in [-0.2, 0) is 12.8 Å². The lowest BCUT2D eigenvalue weighted by Crippen LogP contribution is -1.91. The van der Waals surface area contributed by atoms with Gasteiger partial charge in [0, 0.05) is 24.0 Å². The monoisotopic (exact) mass is 419 g/mol. The Morgan fingerprint density at radius 1 is 0.806 bits per heavy atom. The van der Waals surface area contributed by atoms with E-state index in [1.807, 2.05) is 48.5 Å². The van der Waals surface area contributed by atoms with Crippen molar-refractivity contribution in [1.29, 1.82) is 0 Å². The van der Waals surface area contributed by atoms with Crippen molar-refractivity contribution in [3.8, 4) is 34.1 Å². The number of aryl methyl sites for hydroxylation is 2. The van der Waals surface area contributed by atoms with Gasteiger partial charge >= 0.3 is 0 Å². The number of nitrogens with zero attached hydrogens (tertiary/aromatic N) is 4. The second-order valence-electron chi connectivity index (χ2n) is 7.13. The normalized spacial score (nSPS) is 10.9. The highest BCUT2D eigenvalue weighted by atomic mass is 16.5. The summed E-state index contributed by atoms with van der Waals surface area (Å²) in [5.41, 5.74) is 2.77. The van der Waals surface area contributed by atoms with Crippen molar-refractivity contribution in [2.75, 3.05) is 14.2 Å². The van der Waals surface area contributed by atoms with E-state index in [0.29, 0.717) is 0 Å². The summed E-state index contributed by atoms with van der Waals surface area (Å²) in [6, 6.07) is 15.7. The van der Waals surface area contributed by atoms with Gasteiger partial charge in [0.05, 0.1) is 14.2 Å². The first-order chi connectivity index (χ1) is 15.3. The zero-order chi connectivity index (χ0) is 21.5. The summed E-state index contributed by atoms with van der Waals surface area (Å²) in [5, 5.41) is 14.0. The van der Waals surface area contributed by atoms with Gasteiger partial charge in [0.1, 0.15) is 17.2 Å². The molecule has 31 heavy (non-hydrogen) atoms. The van der Waals surface area contributed by atoms with E-state index in [1.54, 1.807) is 14.2 Å². The lowest BCUT2D eigenvalue weighted by Gasteiger charge is -2.04. The van der Waals surface area contributed by atoms with Crippen LogP contribution in [0.25, 0.3) is 22.6 Å². The lowest BCUT2D eigenvalue weighted by molar-refractivity contribution is 0.414. The van der Waals surface area contributed by atoms with Crippen LogP contribution in [0.1, 0.15) is 31.0 Å². The maximum atomic E-state index is 6.21. The molecule has 0 aliphatic heterocycles. The quantitative estimate of drug-likeness (QED) is 0.378. The molecule has 0 spiro atoms. The van der Waals surface area contributed by atoms with Crippen molar-refractivity contribution in [2.45, 2.75) is 32.1 Å². The van der Waals surface area contributed by atoms with Gasteiger partial charge in [-0.05, 0) is 61.4 Å². The molecule has 2 aromatic carbocycles. The molecule has 0 aliphatic carbocycles. The van der Waals surface area contributed by atoms with Crippen molar-refractivity contribution in [3.63, 3.8) is 0 Å². The van der Waals surface area contributed by atoms with Gasteiger partial charge in [0.15, 0.2) is 17.5 Å². The summed E-state index contributed by atoms with van der Waals surface area (Å²) in [5.74, 6) is 3.85. The minimum atomic E-state index is 0.733. The molecule has 8 nitrogen and oxygen atoms in total. The Balaban J connectivity index is 1.51. The van der Waals surface area contributed by atoms with Crippen LogP contribution in [0.5, 0.6) is 11.5 Å². The molecule has 0 atom stereocenters. The van der Waals surface area contributed by atoms with Crippen LogP contribution in [0.4, 0.5) is 0 Å². The number of H-pyrrole nitrogens is 1. The smallest absolute Gasteiger partial charge is 0.195 e. The minimum Gasteiger partial charge on any atom is -0.497 e. The van der Waals surface area contributed by atoms with Gasteiger partial charge in [-0.1, -0.05) is 11.6 Å². The summed E-state index contributed by atoms with van der Waals surface area (Å²) in [7, 11) is 3.31. The Morgan fingerprint density at radius 3 is 2.06 bits per heavy atom. The van der Waals surface area contributed by atoms with Crippen LogP contribution in [0.2, 0.25) is 0 Å². The van der Waals surface area contributed by atoms with Gasteiger partial charge in [0.2, 0.25) is 0 Å². The number of benzene rings is 2. The van der Waals surface area contributed by atoms with Gasteiger partial charge in [-0.15, -0.1) is 10.2 Å². The molecule has 8 heteroatoms. The van der Waals surface area contributed by atoms with E-state index in [0.717, 1.165) is 77.9 Å². The number of ether oxygens (including phenoxy) is 2. The molecular formula is C23H25N5O3. The number of oxazole rings is 1. The molecule has 0 amide bonds. The second kappa shape index (κ2) is 9.88. The van der Waals surface area contributed by atoms with E-state index < -0.39 is 0 Å². The Hall–Kier alpha value is -3.68. The fourth-order valence-corrected chi connectivity index (χ4v) is 3.38. The highest BCUT2D eigenvalue weighted by Crippen LogP contribution is 2.34. The predicted molar refractivity (Wildman–Crippen MR) is 116 cm³/mol. The molecule has 2 heterocycles. The summed E-state index contributed by atoms with van der Waals surface area (Å²) in [4.78, 5) is 4.82. The number of aromatic nitrogens is 5. The first kappa shape index (κ1) is 20.6. The maximum Gasteiger partial charge on any atom is 0.195 e. The second-order valence-corrected chi connectivity index (χ2v) is 7.13. The van der Waals surface area contributed by atoms with Crippen molar-refractivity contribution in [2.24, 2.45) is 0 Å². The van der Waals surface area contributed by atoms with Gasteiger partial charge in [-0.2, -0.15) is 5.21 Å². The van der Waals surface area contributed by atoms with Gasteiger partial charge in [0.25, 0.3) is 0 Å². The third kappa shape index (κ3) is 5.09. The van der Waals surface area contributed by atoms with E-state index >= 15 is 0 Å². The molecule has 4 aromatic rings. The number of nitrogens with one attached hydrogen (secondary N) is 1. The molecular weight excluding hydrogens is 394 g/mol. The molecule has 0 aliphatic rings. The van der Waals surface area contributed by atoms with Crippen LogP contribution in [0, 0.1) is 0 Å². The third-order valence-electron chi connectivity index (χ3n) is 5.07. The zero-order valence-electron chi connectivity index (χ0n) is 17.7. The molecule has 0 bridgehead atoms. The Bertz CT molecular complexity index is 1010. The largest absolute Gasteiger partial charge is 0.497 e. The van der Waals surface area contributed by atoms with Gasteiger partial charge < -0.3 is 13.9 Å². The Kier molecular flexibility index (Phi) is 6.56. The fourth-order valence-electron chi connectivity index (χ4n) is 3.38. The Labute approximate surface area is 180 Å². The van der Waals surface area contributed by atoms with Crippen LogP contribution in [0.15, 0.2) is 52.9 Å². The number of aromatic amines is 1. The number of hydrogen-bond acceptors (Lipinski definition) is 7. The molecule has 0 saturated heterocycles. The lowest BCUT2D eigenvalue weighted by atomic mass is 10.1. The van der Waals surface area contributed by atoms with Crippen LogP contribution in [-0.4, -0.2) is 39.8 Å². The van der Waals surface area contributed by atoms with Crippen molar-refractivity contribution < 1.29 is 13.9 Å². The number of hydrogen-bond donors (Lipinski definition) is 1. The first-order valence-corrected chi connectivity index (χ1v) is 10.3. The summed E-state index contributed by atoms with van der Waals surface area (Å²) in [6.45, 7) is 0. The summed E-state index contributed by atoms with van der Waals surface area (Å²) < 4.78 is 16.8. The minimum absolute atomic E-state index is 0.733. The van der Waals surface area contributed by atoms with Gasteiger partial charge in [-0.25, -0.2) is 4.98 Å². The Morgan fingerprint density at radius 2 is 1.45 bits per heavy atom. The maximum absolute atomic E-state index is 6.21. The number of methoxy groups -OCH3 is 2. The average Bonchev–Trinajstić information content (AvgIpc) is 3.49. The highest BCUT2D eigenvalue weighted by molar-refractivity contribution is 5.77. The number of rotatable bonds is 10. The van der Waals surface area contributed by atoms with Crippen LogP contribution in [0.3, 0.4) is 0 Å². The predicted octanol–water partition coefficient (Wildman–Crippen LogP) is 4.49. The van der Waals surface area contributed by atoms with E-state index in [4.69, 9.17) is 18.9 Å². The van der Waals surface area contributed by atoms with Crippen molar-refractivity contribution in [3.05, 3.63) is 60.2 Å². The van der Waals surface area contributed by atoms with Crippen LogP contribution < -0.4 is 9.47 Å². The van der Waals surface area contributed by atoms with E-state index in [9.17, 15) is 0 Å². The summed E-state index contributed by atoms with van der Waals surface area (Å²) in [6.07, 6.45) is 4.59. The molecule has 0 saturated carbocycles. The third-order valence-corrected chi connectivity index (χ3v) is 5.07. The fraction of sp³-hybridized carbons (Fsp3) is 0.304. The zero-order valence-corrected chi connectivity index (χ0v) is 17.7. The van der Waals surface area contributed by atoms with Crippen molar-refractivity contribution in [1.82, 2.24) is 25.6 Å². The number of tetrazole rings is 1. The molecule has 0 fully saturated rings. The van der Waals surface area contributed by atoms with Gasteiger partial charge in [-0.3, -0.25) is 0 Å². The van der Waals surface area contributed by atoms with E-state index in [2.05, 4.69) is 20.6 Å². The molecule has 160 valence electrons. The first-order valence-electron chi connectivity index (χ1n) is 10.3. The SMILES string of the molecule is COc1ccc(-c2nc(CCCCCc3nn[nH]n3)oc2-c2ccc(OC)cc2)cc1. The molecule has 1 N–H and O–H groups in total. The average molecular weight is 419 g/mol. The number of unbranched alkanes of at least 4 members (excludes halogenated alkanes) is 2. The van der Waals surface area contributed by atoms with E-state index in [-0.39, 0.29) is 0 Å². The molecule has 4 rings (SSSR count). The molecule has 0 unspecified atom stereocenters. The molecule has 0 radical (unpaired) electrons. The molecule has 2 aromatic heterocycles. The standard InChI is InChI=1S/C23H25N5O3/c1-29-18-12-8-16(9-13-18)22-23(17-10-14-19(30-2)15-11-17)31-21(24-22)7-5-3-4-6-20-25-27-28-26-20/h8-15H,3-7H2,1-2H3,(H,25,26,27,28). The highest BCUT2D eigenvalue weighted by Gasteiger charge is 2.17. The van der Waals surface area contributed by atoms with E-state index in [1.165, 1.54) is 0 Å².